The summed E-state index contributed by atoms with van der Waals surface area (Å²) in [6.07, 6.45) is 3.33. The predicted molar refractivity (Wildman–Crippen MR) is 52.2 cm³/mol. The van der Waals surface area contributed by atoms with Gasteiger partial charge in [-0.05, 0) is 10.4 Å². The number of rotatable bonds is 3. The summed E-state index contributed by atoms with van der Waals surface area (Å²) in [5, 5.41) is 10.9. The Morgan fingerprint density at radius 2 is 2.44 bits per heavy atom. The Labute approximate surface area is 91.0 Å². The van der Waals surface area contributed by atoms with Crippen molar-refractivity contribution in [3.8, 4) is 11.6 Å². The van der Waals surface area contributed by atoms with Crippen LogP contribution in [0, 0.1) is 0 Å². The van der Waals surface area contributed by atoms with Crippen molar-refractivity contribution < 1.29 is 9.47 Å². The topological polar surface area (TPSA) is 78.2 Å². The zero-order chi connectivity index (χ0) is 11.0. The molecule has 0 aliphatic carbocycles. The van der Waals surface area contributed by atoms with Gasteiger partial charge < -0.3 is 9.47 Å². The number of hydrogen-bond donors (Lipinski definition) is 0. The molecule has 7 nitrogen and oxygen atoms in total. The number of pyridine rings is 1. The minimum atomic E-state index is 0.116. The van der Waals surface area contributed by atoms with Crippen molar-refractivity contribution in [1.82, 2.24) is 25.2 Å². The summed E-state index contributed by atoms with van der Waals surface area (Å²) in [5.41, 5.74) is 0.958. The summed E-state index contributed by atoms with van der Waals surface area (Å²) in [6, 6.07) is 1.79. The van der Waals surface area contributed by atoms with E-state index in [2.05, 4.69) is 20.5 Å². The second kappa shape index (κ2) is 3.53. The number of hydrogen-bond acceptors (Lipinski definition) is 6. The van der Waals surface area contributed by atoms with E-state index < -0.39 is 0 Å². The van der Waals surface area contributed by atoms with E-state index in [-0.39, 0.29) is 6.10 Å². The van der Waals surface area contributed by atoms with Gasteiger partial charge in [-0.2, -0.15) is 4.68 Å². The molecule has 2 aromatic rings. The molecule has 1 aliphatic rings. The smallest absolute Gasteiger partial charge is 0.160 e. The van der Waals surface area contributed by atoms with Crippen LogP contribution in [0.15, 0.2) is 18.6 Å². The average molecular weight is 219 g/mol. The Morgan fingerprint density at radius 1 is 1.56 bits per heavy atom. The van der Waals surface area contributed by atoms with Crippen LogP contribution in [0.4, 0.5) is 0 Å². The van der Waals surface area contributed by atoms with Crippen LogP contribution in [0.3, 0.4) is 0 Å². The van der Waals surface area contributed by atoms with Gasteiger partial charge in [-0.3, -0.25) is 0 Å². The van der Waals surface area contributed by atoms with Gasteiger partial charge >= 0.3 is 0 Å². The SMILES string of the molecule is COc1cc(-n2cnnn2)ncc1[C@H]1CO1. The summed E-state index contributed by atoms with van der Waals surface area (Å²) in [5.74, 6) is 1.36. The highest BCUT2D eigenvalue weighted by Crippen LogP contribution is 2.36. The molecule has 0 saturated carbocycles. The molecule has 1 aliphatic heterocycles. The number of epoxide rings is 1. The fraction of sp³-hybridized carbons (Fsp3) is 0.333. The summed E-state index contributed by atoms with van der Waals surface area (Å²) >= 11 is 0. The molecule has 0 radical (unpaired) electrons. The summed E-state index contributed by atoms with van der Waals surface area (Å²) in [4.78, 5) is 4.25. The minimum absolute atomic E-state index is 0.116. The third kappa shape index (κ3) is 1.50. The predicted octanol–water partition coefficient (Wildman–Crippen LogP) is 0.137. The summed E-state index contributed by atoms with van der Waals surface area (Å²) in [7, 11) is 1.62. The Kier molecular flexibility index (Phi) is 2.03. The molecule has 0 amide bonds. The van der Waals surface area contributed by atoms with E-state index in [4.69, 9.17) is 9.47 Å². The highest BCUT2D eigenvalue weighted by atomic mass is 16.6. The normalized spacial score (nSPS) is 18.4. The van der Waals surface area contributed by atoms with E-state index in [1.807, 2.05) is 0 Å². The maximum atomic E-state index is 5.28. The highest BCUT2D eigenvalue weighted by Gasteiger charge is 2.28. The lowest BCUT2D eigenvalue weighted by molar-refractivity contribution is 0.382. The van der Waals surface area contributed by atoms with Crippen LogP contribution in [0.2, 0.25) is 0 Å². The Bertz CT molecular complexity index is 495. The Balaban J connectivity index is 2.02. The number of aromatic nitrogens is 5. The molecule has 1 fully saturated rings. The first-order chi connectivity index (χ1) is 7.88. The minimum Gasteiger partial charge on any atom is -0.496 e. The molecule has 2 aromatic heterocycles. The first-order valence-corrected chi connectivity index (χ1v) is 4.77. The summed E-state index contributed by atoms with van der Waals surface area (Å²) in [6.45, 7) is 0.724. The van der Waals surface area contributed by atoms with Crippen molar-refractivity contribution in [1.29, 1.82) is 0 Å². The van der Waals surface area contributed by atoms with Gasteiger partial charge in [-0.25, -0.2) is 4.98 Å². The second-order valence-electron chi connectivity index (χ2n) is 3.36. The molecule has 0 spiro atoms. The standard InChI is InChI=1S/C9H9N5O2/c1-15-7-2-9(14-5-11-12-13-14)10-3-6(7)8-4-16-8/h2-3,5,8H,4H2,1H3/t8-/m1/s1. The second-order valence-corrected chi connectivity index (χ2v) is 3.36. The van der Waals surface area contributed by atoms with E-state index in [1.54, 1.807) is 19.4 Å². The third-order valence-corrected chi connectivity index (χ3v) is 2.36. The molecule has 16 heavy (non-hydrogen) atoms. The Hall–Kier alpha value is -2.02. The van der Waals surface area contributed by atoms with E-state index in [0.717, 1.165) is 17.9 Å². The lowest BCUT2D eigenvalue weighted by Crippen LogP contribution is -2.01. The van der Waals surface area contributed by atoms with Crippen LogP contribution in [-0.4, -0.2) is 38.9 Å². The van der Waals surface area contributed by atoms with Gasteiger partial charge in [0, 0.05) is 17.8 Å². The van der Waals surface area contributed by atoms with Gasteiger partial charge in [-0.15, -0.1) is 5.10 Å². The van der Waals surface area contributed by atoms with E-state index >= 15 is 0 Å². The third-order valence-electron chi connectivity index (χ3n) is 2.36. The molecule has 3 rings (SSSR count). The highest BCUT2D eigenvalue weighted by molar-refractivity contribution is 5.40. The molecular weight excluding hydrogens is 210 g/mol. The van der Waals surface area contributed by atoms with Crippen molar-refractivity contribution in [2.75, 3.05) is 13.7 Å². The van der Waals surface area contributed by atoms with Crippen LogP contribution in [-0.2, 0) is 4.74 Å². The van der Waals surface area contributed by atoms with Crippen molar-refractivity contribution in [3.05, 3.63) is 24.2 Å². The number of ether oxygens (including phenoxy) is 2. The first kappa shape index (κ1) is 9.22. The molecule has 1 atom stereocenters. The fourth-order valence-corrected chi connectivity index (χ4v) is 1.47. The molecule has 82 valence electrons. The monoisotopic (exact) mass is 219 g/mol. The largest absolute Gasteiger partial charge is 0.496 e. The lowest BCUT2D eigenvalue weighted by Gasteiger charge is -2.07. The van der Waals surface area contributed by atoms with E-state index in [1.165, 1.54) is 11.0 Å². The van der Waals surface area contributed by atoms with Crippen LogP contribution in [0.25, 0.3) is 5.82 Å². The fourth-order valence-electron chi connectivity index (χ4n) is 1.47. The van der Waals surface area contributed by atoms with Gasteiger partial charge in [0.1, 0.15) is 18.2 Å². The van der Waals surface area contributed by atoms with Crippen LogP contribution in [0.5, 0.6) is 5.75 Å². The zero-order valence-electron chi connectivity index (χ0n) is 8.57. The van der Waals surface area contributed by atoms with Crippen molar-refractivity contribution >= 4 is 0 Å². The lowest BCUT2D eigenvalue weighted by atomic mass is 10.2. The molecular formula is C9H9N5O2. The van der Waals surface area contributed by atoms with E-state index in [0.29, 0.717) is 5.82 Å². The quantitative estimate of drug-likeness (QED) is 0.683. The number of nitrogens with zero attached hydrogens (tertiary/aromatic N) is 5. The number of methoxy groups -OCH3 is 1. The number of tetrazole rings is 1. The van der Waals surface area contributed by atoms with E-state index in [9.17, 15) is 0 Å². The van der Waals surface area contributed by atoms with Crippen molar-refractivity contribution in [3.63, 3.8) is 0 Å². The van der Waals surface area contributed by atoms with Gasteiger partial charge in [0.05, 0.1) is 13.7 Å². The molecule has 0 N–H and O–H groups in total. The molecule has 1 saturated heterocycles. The van der Waals surface area contributed by atoms with Crippen LogP contribution in [0.1, 0.15) is 11.7 Å². The molecule has 3 heterocycles. The van der Waals surface area contributed by atoms with Gasteiger partial charge in [0.25, 0.3) is 0 Å². The maximum absolute atomic E-state index is 5.28. The molecule has 0 unspecified atom stereocenters. The maximum Gasteiger partial charge on any atom is 0.160 e. The van der Waals surface area contributed by atoms with Gasteiger partial charge in [-0.1, -0.05) is 0 Å². The van der Waals surface area contributed by atoms with Gasteiger partial charge in [0.15, 0.2) is 5.82 Å². The van der Waals surface area contributed by atoms with Crippen molar-refractivity contribution in [2.24, 2.45) is 0 Å². The van der Waals surface area contributed by atoms with Gasteiger partial charge in [0.2, 0.25) is 0 Å². The first-order valence-electron chi connectivity index (χ1n) is 4.77. The summed E-state index contributed by atoms with van der Waals surface area (Å²) < 4.78 is 12.0. The van der Waals surface area contributed by atoms with Crippen LogP contribution >= 0.6 is 0 Å². The zero-order valence-corrected chi connectivity index (χ0v) is 8.57. The molecule has 0 bridgehead atoms. The molecule has 7 heteroatoms. The van der Waals surface area contributed by atoms with Crippen LogP contribution < -0.4 is 4.74 Å². The Morgan fingerprint density at radius 3 is 3.06 bits per heavy atom. The molecule has 0 aromatic carbocycles. The average Bonchev–Trinajstić information content (AvgIpc) is 3.03. The van der Waals surface area contributed by atoms with Crippen molar-refractivity contribution in [2.45, 2.75) is 6.10 Å².